The van der Waals surface area contributed by atoms with Gasteiger partial charge in [-0.1, -0.05) is 12.1 Å². The summed E-state index contributed by atoms with van der Waals surface area (Å²) in [6.45, 7) is 1.35. The molecule has 25 heavy (non-hydrogen) atoms. The van der Waals surface area contributed by atoms with Crippen LogP contribution >= 0.6 is 0 Å². The minimum atomic E-state index is -0.273. The van der Waals surface area contributed by atoms with Crippen molar-refractivity contribution in [2.24, 2.45) is 0 Å². The predicted octanol–water partition coefficient (Wildman–Crippen LogP) is 3.45. The Bertz CT molecular complexity index is 709. The molecule has 0 spiro atoms. The molecule has 0 bridgehead atoms. The van der Waals surface area contributed by atoms with Crippen molar-refractivity contribution in [3.8, 4) is 11.5 Å². The topological polar surface area (TPSA) is 38.8 Å². The summed E-state index contributed by atoms with van der Waals surface area (Å²) in [5.74, 6) is 1.28. The van der Waals surface area contributed by atoms with Crippen molar-refractivity contribution in [1.82, 2.24) is 4.90 Å². The lowest BCUT2D eigenvalue weighted by molar-refractivity contribution is -0.132. The standard InChI is InChI=1S/C20H22FNO3/c1-24-19-4-2-3-15(13-19)14-20(23)22-11-9-18(10-12-22)25-17-7-5-16(21)6-8-17/h2-8,13,18H,9-12,14H2,1H3. The second kappa shape index (κ2) is 8.01. The van der Waals surface area contributed by atoms with Gasteiger partial charge in [0.1, 0.15) is 23.4 Å². The highest BCUT2D eigenvalue weighted by Crippen LogP contribution is 2.20. The number of hydrogen-bond donors (Lipinski definition) is 0. The fraction of sp³-hybridized carbons (Fsp3) is 0.350. The van der Waals surface area contributed by atoms with E-state index in [0.717, 1.165) is 24.2 Å². The zero-order valence-corrected chi connectivity index (χ0v) is 14.3. The smallest absolute Gasteiger partial charge is 0.226 e. The highest BCUT2D eigenvalue weighted by Gasteiger charge is 2.24. The molecule has 132 valence electrons. The number of hydrogen-bond acceptors (Lipinski definition) is 3. The fourth-order valence-corrected chi connectivity index (χ4v) is 3.00. The first-order chi connectivity index (χ1) is 12.1. The van der Waals surface area contributed by atoms with Gasteiger partial charge in [0, 0.05) is 25.9 Å². The van der Waals surface area contributed by atoms with E-state index in [9.17, 15) is 9.18 Å². The van der Waals surface area contributed by atoms with E-state index in [0.29, 0.717) is 25.3 Å². The van der Waals surface area contributed by atoms with Crippen molar-refractivity contribution < 1.29 is 18.7 Å². The van der Waals surface area contributed by atoms with Crippen LogP contribution < -0.4 is 9.47 Å². The summed E-state index contributed by atoms with van der Waals surface area (Å²) in [6.07, 6.45) is 2.00. The number of carbonyl (C=O) groups is 1. The van der Waals surface area contributed by atoms with Crippen LogP contribution in [0.4, 0.5) is 4.39 Å². The highest BCUT2D eigenvalue weighted by atomic mass is 19.1. The molecule has 1 aliphatic heterocycles. The third-order valence-corrected chi connectivity index (χ3v) is 4.40. The Labute approximate surface area is 147 Å². The summed E-state index contributed by atoms with van der Waals surface area (Å²) in [5, 5.41) is 0. The van der Waals surface area contributed by atoms with Gasteiger partial charge >= 0.3 is 0 Å². The molecule has 1 fully saturated rings. The molecule has 0 radical (unpaired) electrons. The van der Waals surface area contributed by atoms with E-state index in [1.54, 1.807) is 19.2 Å². The van der Waals surface area contributed by atoms with Crippen LogP contribution in [0, 0.1) is 5.82 Å². The lowest BCUT2D eigenvalue weighted by Gasteiger charge is -2.32. The van der Waals surface area contributed by atoms with Crippen LogP contribution in [0.15, 0.2) is 48.5 Å². The highest BCUT2D eigenvalue weighted by molar-refractivity contribution is 5.79. The second-order valence-electron chi connectivity index (χ2n) is 6.18. The van der Waals surface area contributed by atoms with Crippen LogP contribution in [-0.2, 0) is 11.2 Å². The van der Waals surface area contributed by atoms with Crippen molar-refractivity contribution in [1.29, 1.82) is 0 Å². The van der Waals surface area contributed by atoms with E-state index in [4.69, 9.17) is 9.47 Å². The van der Waals surface area contributed by atoms with Gasteiger partial charge in [-0.25, -0.2) is 4.39 Å². The number of piperidine rings is 1. The van der Waals surface area contributed by atoms with E-state index in [1.165, 1.54) is 12.1 Å². The maximum absolute atomic E-state index is 12.9. The first kappa shape index (κ1) is 17.3. The number of benzene rings is 2. The van der Waals surface area contributed by atoms with Gasteiger partial charge in [0.15, 0.2) is 0 Å². The van der Waals surface area contributed by atoms with Crippen molar-refractivity contribution in [2.45, 2.75) is 25.4 Å². The molecule has 1 heterocycles. The van der Waals surface area contributed by atoms with E-state index < -0.39 is 0 Å². The lowest BCUT2D eigenvalue weighted by atomic mass is 10.1. The Hall–Kier alpha value is -2.56. The number of nitrogens with zero attached hydrogens (tertiary/aromatic N) is 1. The summed E-state index contributed by atoms with van der Waals surface area (Å²) < 4.78 is 24.0. The van der Waals surface area contributed by atoms with Crippen LogP contribution in [0.5, 0.6) is 11.5 Å². The summed E-state index contributed by atoms with van der Waals surface area (Å²) in [6, 6.07) is 13.6. The first-order valence-electron chi connectivity index (χ1n) is 8.47. The zero-order valence-electron chi connectivity index (χ0n) is 14.3. The van der Waals surface area contributed by atoms with Crippen molar-refractivity contribution in [2.75, 3.05) is 20.2 Å². The number of halogens is 1. The van der Waals surface area contributed by atoms with Gasteiger partial charge in [-0.15, -0.1) is 0 Å². The molecule has 0 atom stereocenters. The normalized spacial score (nSPS) is 15.0. The third-order valence-electron chi connectivity index (χ3n) is 4.40. The average Bonchev–Trinajstić information content (AvgIpc) is 2.64. The number of amides is 1. The molecule has 4 nitrogen and oxygen atoms in total. The van der Waals surface area contributed by atoms with Gasteiger partial charge in [-0.2, -0.15) is 0 Å². The molecule has 0 unspecified atom stereocenters. The summed E-state index contributed by atoms with van der Waals surface area (Å²) in [4.78, 5) is 14.4. The van der Waals surface area contributed by atoms with Gasteiger partial charge in [0.2, 0.25) is 5.91 Å². The first-order valence-corrected chi connectivity index (χ1v) is 8.47. The van der Waals surface area contributed by atoms with Crippen LogP contribution in [0.2, 0.25) is 0 Å². The predicted molar refractivity (Wildman–Crippen MR) is 93.3 cm³/mol. The van der Waals surface area contributed by atoms with E-state index >= 15 is 0 Å². The Balaban J connectivity index is 1.49. The summed E-state index contributed by atoms with van der Waals surface area (Å²) >= 11 is 0. The minimum absolute atomic E-state index is 0.0614. The van der Waals surface area contributed by atoms with Crippen molar-refractivity contribution >= 4 is 5.91 Å². The summed E-state index contributed by atoms with van der Waals surface area (Å²) in [7, 11) is 1.62. The Morgan fingerprint density at radius 2 is 1.84 bits per heavy atom. The molecule has 0 saturated carbocycles. The molecule has 2 aromatic rings. The number of methoxy groups -OCH3 is 1. The molecular weight excluding hydrogens is 321 g/mol. The maximum atomic E-state index is 12.9. The fourth-order valence-electron chi connectivity index (χ4n) is 3.00. The number of carbonyl (C=O) groups excluding carboxylic acids is 1. The quantitative estimate of drug-likeness (QED) is 0.835. The van der Waals surface area contributed by atoms with Crippen LogP contribution in [0.3, 0.4) is 0 Å². The van der Waals surface area contributed by atoms with Gasteiger partial charge in [-0.05, 0) is 42.0 Å². The largest absolute Gasteiger partial charge is 0.497 e. The molecule has 0 aliphatic carbocycles. The molecule has 3 rings (SSSR count). The van der Waals surface area contributed by atoms with E-state index in [1.807, 2.05) is 29.2 Å². The van der Waals surface area contributed by atoms with E-state index in [-0.39, 0.29) is 17.8 Å². The van der Waals surface area contributed by atoms with Crippen LogP contribution in [0.25, 0.3) is 0 Å². The molecular formula is C20H22FNO3. The van der Waals surface area contributed by atoms with Crippen LogP contribution in [0.1, 0.15) is 18.4 Å². The minimum Gasteiger partial charge on any atom is -0.497 e. The zero-order chi connectivity index (χ0) is 17.6. The SMILES string of the molecule is COc1cccc(CC(=O)N2CCC(Oc3ccc(F)cc3)CC2)c1. The van der Waals surface area contributed by atoms with Gasteiger partial charge in [0.05, 0.1) is 13.5 Å². The Morgan fingerprint density at radius 3 is 2.52 bits per heavy atom. The molecule has 0 N–H and O–H groups in total. The average molecular weight is 343 g/mol. The van der Waals surface area contributed by atoms with Crippen molar-refractivity contribution in [3.05, 3.63) is 59.9 Å². The molecule has 5 heteroatoms. The van der Waals surface area contributed by atoms with Crippen molar-refractivity contribution in [3.63, 3.8) is 0 Å². The van der Waals surface area contributed by atoms with Gasteiger partial charge < -0.3 is 14.4 Å². The molecule has 2 aromatic carbocycles. The van der Waals surface area contributed by atoms with Gasteiger partial charge in [-0.3, -0.25) is 4.79 Å². The number of ether oxygens (including phenoxy) is 2. The summed E-state index contributed by atoms with van der Waals surface area (Å²) in [5.41, 5.74) is 0.953. The number of rotatable bonds is 5. The molecule has 1 aliphatic rings. The number of likely N-dealkylation sites (tertiary alicyclic amines) is 1. The third kappa shape index (κ3) is 4.72. The maximum Gasteiger partial charge on any atom is 0.226 e. The monoisotopic (exact) mass is 343 g/mol. The molecule has 1 saturated heterocycles. The Kier molecular flexibility index (Phi) is 5.53. The van der Waals surface area contributed by atoms with Crippen LogP contribution in [-0.4, -0.2) is 37.1 Å². The molecule has 0 aromatic heterocycles. The second-order valence-corrected chi connectivity index (χ2v) is 6.18. The molecule has 1 amide bonds. The lowest BCUT2D eigenvalue weighted by Crippen LogP contribution is -2.42. The van der Waals surface area contributed by atoms with E-state index in [2.05, 4.69) is 0 Å². The van der Waals surface area contributed by atoms with Gasteiger partial charge in [0.25, 0.3) is 0 Å². The Morgan fingerprint density at radius 1 is 1.12 bits per heavy atom.